The van der Waals surface area contributed by atoms with E-state index in [0.29, 0.717) is 34.1 Å². The van der Waals surface area contributed by atoms with Crippen LogP contribution in [-0.4, -0.2) is 36.9 Å². The van der Waals surface area contributed by atoms with Crippen LogP contribution in [0, 0.1) is 17.0 Å². The Morgan fingerprint density at radius 3 is 2.66 bits per heavy atom. The highest BCUT2D eigenvalue weighted by atomic mass is 16.6. The van der Waals surface area contributed by atoms with Crippen LogP contribution in [-0.2, 0) is 0 Å². The van der Waals surface area contributed by atoms with Gasteiger partial charge in [0, 0.05) is 35.5 Å². The number of non-ortho nitro benzene ring substituents is 1. The SMILES string of the molecule is Cc1nc2ncccc2cc1C(=O)n1cc(C=O)c(-c2ccc([N+](=O)[O-])cc2)n1. The van der Waals surface area contributed by atoms with Gasteiger partial charge in [-0.3, -0.25) is 19.7 Å². The number of hydrogen-bond acceptors (Lipinski definition) is 7. The van der Waals surface area contributed by atoms with Crippen LogP contribution in [0.4, 0.5) is 5.69 Å². The van der Waals surface area contributed by atoms with E-state index in [2.05, 4.69) is 15.1 Å². The number of aldehydes is 1. The van der Waals surface area contributed by atoms with E-state index >= 15 is 0 Å². The van der Waals surface area contributed by atoms with Crippen molar-refractivity contribution in [3.05, 3.63) is 81.8 Å². The molecule has 9 heteroatoms. The topological polar surface area (TPSA) is 121 Å². The Hall–Kier alpha value is -4.27. The second kappa shape index (κ2) is 7.04. The maximum Gasteiger partial charge on any atom is 0.280 e. The smallest absolute Gasteiger partial charge is 0.280 e. The second-order valence-corrected chi connectivity index (χ2v) is 6.28. The predicted molar refractivity (Wildman–Crippen MR) is 104 cm³/mol. The van der Waals surface area contributed by atoms with E-state index in [9.17, 15) is 19.7 Å². The van der Waals surface area contributed by atoms with E-state index in [1.165, 1.54) is 30.5 Å². The van der Waals surface area contributed by atoms with Crippen molar-refractivity contribution in [1.82, 2.24) is 19.7 Å². The summed E-state index contributed by atoms with van der Waals surface area (Å²) in [5, 5.41) is 15.8. The number of aromatic nitrogens is 4. The molecule has 0 N–H and O–H groups in total. The van der Waals surface area contributed by atoms with Crippen LogP contribution >= 0.6 is 0 Å². The number of carbonyl (C=O) groups excluding carboxylic acids is 2. The monoisotopic (exact) mass is 387 g/mol. The number of benzene rings is 1. The summed E-state index contributed by atoms with van der Waals surface area (Å²) in [5.74, 6) is -0.447. The third kappa shape index (κ3) is 3.25. The number of rotatable bonds is 4. The molecule has 3 aromatic heterocycles. The summed E-state index contributed by atoms with van der Waals surface area (Å²) in [5.41, 5.74) is 2.21. The first kappa shape index (κ1) is 18.1. The van der Waals surface area contributed by atoms with E-state index in [0.717, 1.165) is 4.68 Å². The molecule has 4 rings (SSSR count). The van der Waals surface area contributed by atoms with Crippen LogP contribution in [0.1, 0.15) is 26.4 Å². The Kier molecular flexibility index (Phi) is 4.40. The highest BCUT2D eigenvalue weighted by molar-refractivity contribution is 6.00. The van der Waals surface area contributed by atoms with E-state index in [1.807, 2.05) is 0 Å². The summed E-state index contributed by atoms with van der Waals surface area (Å²) in [6.45, 7) is 1.70. The Morgan fingerprint density at radius 1 is 1.21 bits per heavy atom. The molecule has 9 nitrogen and oxygen atoms in total. The van der Waals surface area contributed by atoms with Gasteiger partial charge in [0.15, 0.2) is 11.9 Å². The highest BCUT2D eigenvalue weighted by Crippen LogP contribution is 2.24. The lowest BCUT2D eigenvalue weighted by atomic mass is 10.1. The molecule has 0 radical (unpaired) electrons. The number of nitrogens with zero attached hydrogens (tertiary/aromatic N) is 5. The Balaban J connectivity index is 1.76. The molecule has 0 amide bonds. The van der Waals surface area contributed by atoms with Gasteiger partial charge in [-0.25, -0.2) is 14.6 Å². The average Bonchev–Trinajstić information content (AvgIpc) is 3.17. The number of hydrogen-bond donors (Lipinski definition) is 0. The number of nitro groups is 1. The molecule has 0 aliphatic rings. The molecule has 0 fully saturated rings. The van der Waals surface area contributed by atoms with Gasteiger partial charge in [0.25, 0.3) is 11.6 Å². The minimum absolute atomic E-state index is 0.0802. The summed E-state index contributed by atoms with van der Waals surface area (Å²) < 4.78 is 1.08. The van der Waals surface area contributed by atoms with Crippen LogP contribution in [0.2, 0.25) is 0 Å². The van der Waals surface area contributed by atoms with E-state index < -0.39 is 10.8 Å². The molecule has 1 aromatic carbocycles. The maximum atomic E-state index is 13.0. The minimum atomic E-state index is -0.517. The van der Waals surface area contributed by atoms with Crippen LogP contribution in [0.25, 0.3) is 22.3 Å². The Labute approximate surface area is 163 Å². The molecule has 0 saturated carbocycles. The summed E-state index contributed by atoms with van der Waals surface area (Å²) in [6.07, 6.45) is 3.54. The first-order valence-electron chi connectivity index (χ1n) is 8.54. The van der Waals surface area contributed by atoms with Gasteiger partial charge in [0.2, 0.25) is 0 Å². The summed E-state index contributed by atoms with van der Waals surface area (Å²) >= 11 is 0. The van der Waals surface area contributed by atoms with E-state index in [4.69, 9.17) is 0 Å². The van der Waals surface area contributed by atoms with E-state index in [-0.39, 0.29) is 16.9 Å². The lowest BCUT2D eigenvalue weighted by Crippen LogP contribution is -2.15. The normalized spacial score (nSPS) is 10.8. The fourth-order valence-corrected chi connectivity index (χ4v) is 2.98. The third-order valence-corrected chi connectivity index (χ3v) is 4.44. The standard InChI is InChI=1S/C20H13N5O4/c1-12-17(9-14-3-2-8-21-19(14)22-12)20(27)24-10-15(11-26)18(23-24)13-4-6-16(7-5-13)25(28)29/h2-11H,1H3. The fraction of sp³-hybridized carbons (Fsp3) is 0.0500. The van der Waals surface area contributed by atoms with Gasteiger partial charge in [-0.1, -0.05) is 0 Å². The molecule has 0 aliphatic heterocycles. The van der Waals surface area contributed by atoms with Gasteiger partial charge in [-0.15, -0.1) is 0 Å². The average molecular weight is 387 g/mol. The first-order valence-corrected chi connectivity index (χ1v) is 8.54. The quantitative estimate of drug-likeness (QED) is 0.299. The van der Waals surface area contributed by atoms with Crippen molar-refractivity contribution in [2.45, 2.75) is 6.92 Å². The molecule has 0 unspecified atom stereocenters. The molecule has 0 saturated heterocycles. The van der Waals surface area contributed by atoms with Gasteiger partial charge in [-0.05, 0) is 37.3 Å². The van der Waals surface area contributed by atoms with Gasteiger partial charge >= 0.3 is 0 Å². The van der Waals surface area contributed by atoms with Crippen molar-refractivity contribution in [3.63, 3.8) is 0 Å². The lowest BCUT2D eigenvalue weighted by Gasteiger charge is -2.06. The largest absolute Gasteiger partial charge is 0.298 e. The number of carbonyl (C=O) groups is 2. The summed E-state index contributed by atoms with van der Waals surface area (Å²) in [7, 11) is 0. The van der Waals surface area contributed by atoms with Crippen molar-refractivity contribution in [3.8, 4) is 11.3 Å². The zero-order chi connectivity index (χ0) is 20.5. The molecule has 0 bridgehead atoms. The van der Waals surface area contributed by atoms with Crippen LogP contribution < -0.4 is 0 Å². The van der Waals surface area contributed by atoms with Crippen molar-refractivity contribution in [1.29, 1.82) is 0 Å². The summed E-state index contributed by atoms with van der Waals surface area (Å²) in [4.78, 5) is 43.3. The number of fused-ring (bicyclic) bond motifs is 1. The van der Waals surface area contributed by atoms with Gasteiger partial charge in [0.1, 0.15) is 5.69 Å². The fourth-order valence-electron chi connectivity index (χ4n) is 2.98. The number of aryl methyl sites for hydroxylation is 1. The second-order valence-electron chi connectivity index (χ2n) is 6.28. The molecule has 0 spiro atoms. The zero-order valence-corrected chi connectivity index (χ0v) is 15.1. The number of nitro benzene ring substituents is 1. The molecule has 0 aliphatic carbocycles. The van der Waals surface area contributed by atoms with Gasteiger partial charge in [0.05, 0.1) is 21.7 Å². The Bertz CT molecular complexity index is 1280. The van der Waals surface area contributed by atoms with Gasteiger partial charge < -0.3 is 0 Å². The maximum absolute atomic E-state index is 13.0. The summed E-state index contributed by atoms with van der Waals surface area (Å²) in [6, 6.07) is 10.8. The molecule has 142 valence electrons. The molecule has 0 atom stereocenters. The van der Waals surface area contributed by atoms with Gasteiger partial charge in [-0.2, -0.15) is 5.10 Å². The van der Waals surface area contributed by atoms with E-state index in [1.54, 1.807) is 31.3 Å². The van der Waals surface area contributed by atoms with Crippen molar-refractivity contribution >= 4 is 28.9 Å². The third-order valence-electron chi connectivity index (χ3n) is 4.44. The van der Waals surface area contributed by atoms with Crippen molar-refractivity contribution < 1.29 is 14.5 Å². The van der Waals surface area contributed by atoms with Crippen LogP contribution in [0.5, 0.6) is 0 Å². The minimum Gasteiger partial charge on any atom is -0.298 e. The molecular formula is C20H13N5O4. The Morgan fingerprint density at radius 2 is 1.97 bits per heavy atom. The van der Waals surface area contributed by atoms with Crippen LogP contribution in [0.3, 0.4) is 0 Å². The molecular weight excluding hydrogens is 374 g/mol. The number of pyridine rings is 2. The zero-order valence-electron chi connectivity index (χ0n) is 15.1. The van der Waals surface area contributed by atoms with Crippen LogP contribution in [0.15, 0.2) is 54.9 Å². The molecule has 29 heavy (non-hydrogen) atoms. The highest BCUT2D eigenvalue weighted by Gasteiger charge is 2.19. The molecule has 3 heterocycles. The predicted octanol–water partition coefficient (Wildman–Crippen LogP) is 3.21. The van der Waals surface area contributed by atoms with Crippen molar-refractivity contribution in [2.24, 2.45) is 0 Å². The lowest BCUT2D eigenvalue weighted by molar-refractivity contribution is -0.384. The van der Waals surface area contributed by atoms with Crippen molar-refractivity contribution in [2.75, 3.05) is 0 Å². The molecule has 4 aromatic rings. The first-order chi connectivity index (χ1) is 14.0.